The molecule has 14 nitrogen and oxygen atoms in total. The van der Waals surface area contributed by atoms with Crippen LogP contribution in [0, 0.1) is 0 Å². The quantitative estimate of drug-likeness (QED) is 0.192. The number of amides is 3. The highest BCUT2D eigenvalue weighted by atomic mass is 16.6. The summed E-state index contributed by atoms with van der Waals surface area (Å²) in [5, 5.41) is 7.88. The Bertz CT molecular complexity index is 1550. The fourth-order valence-corrected chi connectivity index (χ4v) is 4.44. The highest BCUT2D eigenvalue weighted by Gasteiger charge is 2.35. The van der Waals surface area contributed by atoms with E-state index in [1.807, 2.05) is 30.3 Å². The number of rotatable bonds is 15. The third kappa shape index (κ3) is 11.8. The maximum absolute atomic E-state index is 13.6. The van der Waals surface area contributed by atoms with Gasteiger partial charge in [0.15, 0.2) is 23.4 Å². The topological polar surface area (TPSA) is 168 Å². The molecule has 3 N–H and O–H groups in total. The lowest BCUT2D eigenvalue weighted by Crippen LogP contribution is -2.59. The summed E-state index contributed by atoms with van der Waals surface area (Å²) in [5.41, 5.74) is -0.831. The first-order chi connectivity index (χ1) is 22.7. The number of nitrogens with zero attached hydrogens (tertiary/aromatic N) is 2. The van der Waals surface area contributed by atoms with Gasteiger partial charge in [-0.1, -0.05) is 43.8 Å². The molecule has 3 aromatic rings. The maximum Gasteiger partial charge on any atom is 0.408 e. The summed E-state index contributed by atoms with van der Waals surface area (Å²) in [4.78, 5) is 56.7. The number of imidazole rings is 1. The highest BCUT2D eigenvalue weighted by molar-refractivity contribution is 5.98. The van der Waals surface area contributed by atoms with Gasteiger partial charge in [-0.05, 0) is 64.8 Å². The van der Waals surface area contributed by atoms with Crippen molar-refractivity contribution in [3.05, 3.63) is 72.2 Å². The van der Waals surface area contributed by atoms with Gasteiger partial charge in [-0.2, -0.15) is 0 Å². The highest BCUT2D eigenvalue weighted by Crippen LogP contribution is 2.32. The number of aromatic nitrogens is 2. The predicted molar refractivity (Wildman–Crippen MR) is 183 cm³/mol. The van der Waals surface area contributed by atoms with Gasteiger partial charge in [0.05, 0.1) is 40.4 Å². The number of ether oxygens (including phenoxy) is 5. The minimum atomic E-state index is -1.45. The Labute approximate surface area is 287 Å². The van der Waals surface area contributed by atoms with Crippen LogP contribution in [-0.4, -0.2) is 78.0 Å². The van der Waals surface area contributed by atoms with E-state index < -0.39 is 47.1 Å². The molecule has 268 valence electrons. The largest absolute Gasteiger partial charge is 0.493 e. The van der Waals surface area contributed by atoms with Crippen LogP contribution in [0.15, 0.2) is 61.1 Å². The molecule has 0 bridgehead atoms. The predicted octanol–water partition coefficient (Wildman–Crippen LogP) is 4.63. The molecule has 3 rings (SSSR count). The van der Waals surface area contributed by atoms with E-state index >= 15 is 0 Å². The molecule has 0 saturated heterocycles. The van der Waals surface area contributed by atoms with E-state index in [2.05, 4.69) is 20.9 Å². The van der Waals surface area contributed by atoms with Crippen LogP contribution in [0.2, 0.25) is 0 Å². The third-order valence-corrected chi connectivity index (χ3v) is 6.78. The number of hydrogen-bond acceptors (Lipinski definition) is 10. The monoisotopic (exact) mass is 683 g/mol. The van der Waals surface area contributed by atoms with Crippen LogP contribution in [0.5, 0.6) is 11.5 Å². The van der Waals surface area contributed by atoms with E-state index in [0.717, 1.165) is 5.56 Å². The van der Waals surface area contributed by atoms with Gasteiger partial charge < -0.3 is 44.2 Å². The summed E-state index contributed by atoms with van der Waals surface area (Å²) >= 11 is 0. The second-order valence-corrected chi connectivity index (χ2v) is 12.2. The summed E-state index contributed by atoms with van der Waals surface area (Å²) in [6.07, 6.45) is 2.05. The molecule has 49 heavy (non-hydrogen) atoms. The Kier molecular flexibility index (Phi) is 14.6. The number of esters is 1. The Morgan fingerprint density at radius 2 is 1.61 bits per heavy atom. The van der Waals surface area contributed by atoms with Crippen LogP contribution >= 0.6 is 0 Å². The fourth-order valence-electron chi connectivity index (χ4n) is 4.44. The molecular formula is C35H49N5O9. The molecule has 0 spiro atoms. The lowest BCUT2D eigenvalue weighted by molar-refractivity contribution is -0.145. The van der Waals surface area contributed by atoms with Crippen LogP contribution in [0.3, 0.4) is 0 Å². The zero-order chi connectivity index (χ0) is 35.5. The van der Waals surface area contributed by atoms with Gasteiger partial charge in [0, 0.05) is 6.20 Å². The normalized spacial score (nSPS) is 12.4. The molecule has 0 saturated carbocycles. The molecule has 2 atom stereocenters. The maximum atomic E-state index is 13.6. The average molecular weight is 684 g/mol. The number of anilines is 1. The smallest absolute Gasteiger partial charge is 0.408 e. The van der Waals surface area contributed by atoms with Crippen LogP contribution < -0.4 is 25.4 Å². The van der Waals surface area contributed by atoms with E-state index in [9.17, 15) is 19.2 Å². The fraction of sp³-hybridized carbons (Fsp3) is 0.457. The van der Waals surface area contributed by atoms with Crippen molar-refractivity contribution in [3.63, 3.8) is 0 Å². The van der Waals surface area contributed by atoms with Gasteiger partial charge in [0.2, 0.25) is 5.91 Å². The minimum absolute atomic E-state index is 0. The van der Waals surface area contributed by atoms with Gasteiger partial charge in [0.25, 0.3) is 5.91 Å². The summed E-state index contributed by atoms with van der Waals surface area (Å²) in [7, 11) is 2.99. The molecule has 0 aliphatic rings. The van der Waals surface area contributed by atoms with Gasteiger partial charge in [0.1, 0.15) is 17.2 Å². The first kappa shape index (κ1) is 40.1. The van der Waals surface area contributed by atoms with Crippen molar-refractivity contribution in [2.75, 3.05) is 32.8 Å². The van der Waals surface area contributed by atoms with E-state index in [4.69, 9.17) is 23.7 Å². The van der Waals surface area contributed by atoms with Gasteiger partial charge in [-0.15, -0.1) is 0 Å². The lowest BCUT2D eigenvalue weighted by atomic mass is 10.0. The Morgan fingerprint density at radius 1 is 0.939 bits per heavy atom. The second kappa shape index (κ2) is 17.9. The molecule has 1 aromatic heterocycles. The standard InChI is InChI=1S/C34H45N5O9.CH4/c1-9-47-30(41)28(23-15-16-25(44-7)26(17-23)45-8)39-18-27(35-21-39)37-29(40)24(20-46-19-22-13-11-10-12-14-22)36-31(42)34(5,6)38-32(43)48-33(2,3)4;/h10-18,21,24,28H,9,19-20H2,1-8H3,(H,36,42)(H,37,40)(H,38,43);1H4/t24-,28?;/m1./s1. The molecule has 0 fully saturated rings. The first-order valence-corrected chi connectivity index (χ1v) is 15.3. The van der Waals surface area contributed by atoms with Crippen LogP contribution in [0.1, 0.15) is 66.1 Å². The third-order valence-electron chi connectivity index (χ3n) is 6.78. The van der Waals surface area contributed by atoms with Crippen LogP contribution in [0.25, 0.3) is 0 Å². The zero-order valence-corrected chi connectivity index (χ0v) is 28.6. The van der Waals surface area contributed by atoms with Crippen molar-refractivity contribution in [3.8, 4) is 11.5 Å². The Balaban J connectivity index is 0.00000833. The van der Waals surface area contributed by atoms with Crippen molar-refractivity contribution in [2.24, 2.45) is 0 Å². The minimum Gasteiger partial charge on any atom is -0.493 e. The Morgan fingerprint density at radius 3 is 2.22 bits per heavy atom. The number of benzene rings is 2. The summed E-state index contributed by atoms with van der Waals surface area (Å²) in [5.74, 6) is -0.861. The number of alkyl carbamates (subject to hydrolysis) is 1. The summed E-state index contributed by atoms with van der Waals surface area (Å²) in [6.45, 7) is 9.89. The van der Waals surface area contributed by atoms with Crippen molar-refractivity contribution < 1.29 is 42.9 Å². The van der Waals surface area contributed by atoms with Gasteiger partial charge in [-0.3, -0.25) is 9.59 Å². The average Bonchev–Trinajstić information content (AvgIpc) is 3.47. The van der Waals surface area contributed by atoms with Gasteiger partial charge in [-0.25, -0.2) is 14.6 Å². The van der Waals surface area contributed by atoms with E-state index in [1.54, 1.807) is 45.9 Å². The molecule has 3 amide bonds. The SMILES string of the molecule is C.CCOC(=O)C(c1ccc(OC)c(OC)c1)n1cnc(NC(=O)[C@@H](COCc2ccccc2)NC(=O)C(C)(C)NC(=O)OC(C)(C)C)c1. The molecule has 1 unspecified atom stereocenters. The van der Waals surface area contributed by atoms with E-state index in [0.29, 0.717) is 17.1 Å². The van der Waals surface area contributed by atoms with Crippen molar-refractivity contribution in [2.45, 2.75) is 78.8 Å². The lowest BCUT2D eigenvalue weighted by Gasteiger charge is -2.29. The molecular weight excluding hydrogens is 634 g/mol. The molecule has 2 aromatic carbocycles. The zero-order valence-electron chi connectivity index (χ0n) is 28.6. The number of nitrogens with one attached hydrogen (secondary N) is 3. The molecule has 0 aliphatic carbocycles. The number of carbonyl (C=O) groups excluding carboxylic acids is 4. The molecule has 1 heterocycles. The van der Waals surface area contributed by atoms with Gasteiger partial charge >= 0.3 is 12.1 Å². The molecule has 14 heteroatoms. The second-order valence-electron chi connectivity index (χ2n) is 12.2. The van der Waals surface area contributed by atoms with E-state index in [-0.39, 0.29) is 33.1 Å². The molecule has 0 radical (unpaired) electrons. The molecule has 0 aliphatic heterocycles. The first-order valence-electron chi connectivity index (χ1n) is 15.3. The van der Waals surface area contributed by atoms with Crippen molar-refractivity contribution in [1.29, 1.82) is 0 Å². The van der Waals surface area contributed by atoms with Crippen LogP contribution in [-0.2, 0) is 35.2 Å². The van der Waals surface area contributed by atoms with Crippen molar-refractivity contribution in [1.82, 2.24) is 20.2 Å². The summed E-state index contributed by atoms with van der Waals surface area (Å²) in [6, 6.07) is 12.2. The number of carbonyl (C=O) groups is 4. The summed E-state index contributed by atoms with van der Waals surface area (Å²) < 4.78 is 28.6. The van der Waals surface area contributed by atoms with Crippen molar-refractivity contribution >= 4 is 29.7 Å². The van der Waals surface area contributed by atoms with Crippen LogP contribution in [0.4, 0.5) is 10.6 Å². The van der Waals surface area contributed by atoms with E-state index in [1.165, 1.54) is 45.2 Å². The number of hydrogen-bond donors (Lipinski definition) is 3. The Hall–Kier alpha value is -5.11. The number of methoxy groups -OCH3 is 2.